The van der Waals surface area contributed by atoms with E-state index >= 15 is 0 Å². The van der Waals surface area contributed by atoms with Gasteiger partial charge in [-0.05, 0) is 13.0 Å². The Morgan fingerprint density at radius 2 is 1.75 bits per heavy atom. The highest BCUT2D eigenvalue weighted by Crippen LogP contribution is 2.54. The molecule has 16 heavy (non-hydrogen) atoms. The molecule has 8 heteroatoms. The van der Waals surface area contributed by atoms with Gasteiger partial charge in [0.2, 0.25) is 0 Å². The van der Waals surface area contributed by atoms with Gasteiger partial charge in [0.1, 0.15) is 0 Å². The summed E-state index contributed by atoms with van der Waals surface area (Å²) in [5, 5.41) is 0.629. The molecule has 0 aliphatic carbocycles. The Balaban J connectivity index is 2.98. The Morgan fingerprint density at radius 3 is 2.31 bits per heavy atom. The van der Waals surface area contributed by atoms with Crippen LogP contribution in [0.2, 0.25) is 15.1 Å². The SMILES string of the molecule is CCOP(=O)(Cl)Oc1cc(Cl)c(Cl)cc1Cl. The van der Waals surface area contributed by atoms with Crippen molar-refractivity contribution in [2.75, 3.05) is 6.61 Å². The van der Waals surface area contributed by atoms with E-state index in [0.717, 1.165) is 0 Å². The fourth-order valence-electron chi connectivity index (χ4n) is 0.872. The van der Waals surface area contributed by atoms with Crippen LogP contribution in [0.1, 0.15) is 6.92 Å². The summed E-state index contributed by atoms with van der Waals surface area (Å²) < 4.78 is 21.2. The topological polar surface area (TPSA) is 35.5 Å². The minimum atomic E-state index is -3.69. The molecule has 0 aliphatic rings. The van der Waals surface area contributed by atoms with Gasteiger partial charge in [-0.1, -0.05) is 34.8 Å². The van der Waals surface area contributed by atoms with Crippen molar-refractivity contribution >= 4 is 53.0 Å². The van der Waals surface area contributed by atoms with Gasteiger partial charge in [0.05, 0.1) is 21.7 Å². The van der Waals surface area contributed by atoms with Gasteiger partial charge in [0.15, 0.2) is 5.75 Å². The van der Waals surface area contributed by atoms with E-state index in [0.29, 0.717) is 0 Å². The third kappa shape index (κ3) is 3.99. The molecule has 0 heterocycles. The zero-order valence-electron chi connectivity index (χ0n) is 8.05. The third-order valence-corrected chi connectivity index (χ3v) is 3.96. The van der Waals surface area contributed by atoms with Gasteiger partial charge in [-0.3, -0.25) is 4.52 Å². The minimum absolute atomic E-state index is 0.0582. The zero-order valence-corrected chi connectivity index (χ0v) is 12.0. The molecule has 1 atom stereocenters. The lowest BCUT2D eigenvalue weighted by atomic mass is 10.3. The van der Waals surface area contributed by atoms with E-state index in [1.54, 1.807) is 6.92 Å². The zero-order chi connectivity index (χ0) is 12.3. The van der Waals surface area contributed by atoms with Crippen LogP contribution in [0.3, 0.4) is 0 Å². The molecule has 0 fully saturated rings. The maximum atomic E-state index is 11.5. The van der Waals surface area contributed by atoms with E-state index in [9.17, 15) is 4.57 Å². The summed E-state index contributed by atoms with van der Waals surface area (Å²) in [5.41, 5.74) is 0. The van der Waals surface area contributed by atoms with Crippen LogP contribution in [-0.4, -0.2) is 6.61 Å². The fraction of sp³-hybridized carbons (Fsp3) is 0.250. The van der Waals surface area contributed by atoms with Gasteiger partial charge in [-0.2, -0.15) is 0 Å². The fourth-order valence-corrected chi connectivity index (χ4v) is 2.76. The smallest absolute Gasteiger partial charge is 0.412 e. The Hall–Kier alpha value is 0.370. The van der Waals surface area contributed by atoms with E-state index in [1.165, 1.54) is 12.1 Å². The lowest BCUT2D eigenvalue weighted by Gasteiger charge is -2.13. The monoisotopic (exact) mass is 322 g/mol. The van der Waals surface area contributed by atoms with Crippen LogP contribution in [0.5, 0.6) is 5.75 Å². The summed E-state index contributed by atoms with van der Waals surface area (Å²) in [6.07, 6.45) is 0. The molecule has 1 aromatic carbocycles. The second kappa shape index (κ2) is 5.81. The summed E-state index contributed by atoms with van der Waals surface area (Å²) in [7, 11) is 0. The van der Waals surface area contributed by atoms with Gasteiger partial charge in [0.25, 0.3) is 0 Å². The van der Waals surface area contributed by atoms with Crippen LogP contribution >= 0.6 is 53.0 Å². The molecule has 0 spiro atoms. The third-order valence-electron chi connectivity index (χ3n) is 1.47. The van der Waals surface area contributed by atoms with Crippen LogP contribution in [0.25, 0.3) is 0 Å². The van der Waals surface area contributed by atoms with Gasteiger partial charge < -0.3 is 4.52 Å². The highest BCUT2D eigenvalue weighted by molar-refractivity contribution is 7.81. The molecule has 0 aliphatic heterocycles. The molecule has 0 N–H and O–H groups in total. The van der Waals surface area contributed by atoms with Crippen LogP contribution in [0, 0.1) is 0 Å². The highest BCUT2D eigenvalue weighted by Gasteiger charge is 2.23. The molecular weight excluding hydrogens is 317 g/mol. The molecule has 3 nitrogen and oxygen atoms in total. The standard InChI is InChI=1S/C8H7Cl4O3P/c1-2-14-16(12,13)15-8-4-6(10)5(9)3-7(8)11/h3-4H,2H2,1H3. The van der Waals surface area contributed by atoms with Crippen molar-refractivity contribution in [2.24, 2.45) is 0 Å². The predicted octanol–water partition coefficient (Wildman–Crippen LogP) is 5.41. The molecule has 90 valence electrons. The summed E-state index contributed by atoms with van der Waals surface area (Å²) in [6.45, 7) is -1.90. The van der Waals surface area contributed by atoms with Gasteiger partial charge in [0, 0.05) is 17.3 Å². The normalized spacial score (nSPS) is 14.6. The number of hydrogen-bond donors (Lipinski definition) is 0. The largest absolute Gasteiger partial charge is 0.476 e. The van der Waals surface area contributed by atoms with E-state index in [1.807, 2.05) is 0 Å². The average molecular weight is 324 g/mol. The maximum Gasteiger partial charge on any atom is 0.476 e. The van der Waals surface area contributed by atoms with Crippen molar-refractivity contribution in [3.8, 4) is 5.75 Å². The van der Waals surface area contributed by atoms with Gasteiger partial charge in [-0.25, -0.2) is 4.57 Å². The van der Waals surface area contributed by atoms with Crippen molar-refractivity contribution < 1.29 is 13.6 Å². The lowest BCUT2D eigenvalue weighted by molar-refractivity contribution is 0.295. The average Bonchev–Trinajstić information content (AvgIpc) is 2.13. The van der Waals surface area contributed by atoms with Gasteiger partial charge >= 0.3 is 6.95 Å². The molecule has 0 bridgehead atoms. The van der Waals surface area contributed by atoms with Crippen LogP contribution < -0.4 is 4.52 Å². The van der Waals surface area contributed by atoms with Crippen LogP contribution in [0.15, 0.2) is 12.1 Å². The van der Waals surface area contributed by atoms with E-state index < -0.39 is 6.95 Å². The molecule has 1 aromatic rings. The van der Waals surface area contributed by atoms with Crippen molar-refractivity contribution in [2.45, 2.75) is 6.92 Å². The number of hydrogen-bond acceptors (Lipinski definition) is 3. The molecule has 0 radical (unpaired) electrons. The Bertz CT molecular complexity index is 438. The van der Waals surface area contributed by atoms with E-state index in [4.69, 9.17) is 55.1 Å². The number of benzene rings is 1. The first-order valence-electron chi connectivity index (χ1n) is 4.14. The summed E-state index contributed by atoms with van der Waals surface area (Å²) in [5.74, 6) is 0.0582. The molecule has 1 unspecified atom stereocenters. The van der Waals surface area contributed by atoms with Crippen molar-refractivity contribution in [3.63, 3.8) is 0 Å². The van der Waals surface area contributed by atoms with E-state index in [-0.39, 0.29) is 27.4 Å². The Kier molecular flexibility index (Phi) is 5.24. The first-order chi connectivity index (χ1) is 7.35. The second-order valence-electron chi connectivity index (χ2n) is 2.64. The van der Waals surface area contributed by atoms with Crippen LogP contribution in [0.4, 0.5) is 0 Å². The number of rotatable bonds is 4. The van der Waals surface area contributed by atoms with E-state index in [2.05, 4.69) is 0 Å². The minimum Gasteiger partial charge on any atom is -0.412 e. The Labute approximate surface area is 113 Å². The first kappa shape index (κ1) is 14.4. The van der Waals surface area contributed by atoms with Crippen molar-refractivity contribution in [1.29, 1.82) is 0 Å². The maximum absolute atomic E-state index is 11.5. The summed E-state index contributed by atoms with van der Waals surface area (Å²) >= 11 is 22.8. The molecule has 0 amide bonds. The molecule has 1 rings (SSSR count). The quantitative estimate of drug-likeness (QED) is 0.549. The molecule has 0 saturated heterocycles. The van der Waals surface area contributed by atoms with Crippen LogP contribution in [-0.2, 0) is 9.09 Å². The Morgan fingerprint density at radius 1 is 1.19 bits per heavy atom. The second-order valence-corrected chi connectivity index (χ2v) is 6.40. The van der Waals surface area contributed by atoms with Gasteiger partial charge in [-0.15, -0.1) is 0 Å². The summed E-state index contributed by atoms with van der Waals surface area (Å²) in [6, 6.07) is 2.68. The van der Waals surface area contributed by atoms with Crippen molar-refractivity contribution in [1.82, 2.24) is 0 Å². The molecular formula is C8H7Cl4O3P. The first-order valence-corrected chi connectivity index (χ1v) is 7.72. The van der Waals surface area contributed by atoms with Crippen molar-refractivity contribution in [3.05, 3.63) is 27.2 Å². The summed E-state index contributed by atoms with van der Waals surface area (Å²) in [4.78, 5) is 0. The molecule has 0 aromatic heterocycles. The molecule has 0 saturated carbocycles. The number of halogens is 4. The highest BCUT2D eigenvalue weighted by atomic mass is 35.7. The lowest BCUT2D eigenvalue weighted by Crippen LogP contribution is -1.93. The predicted molar refractivity (Wildman–Crippen MR) is 67.2 cm³/mol.